The number of anilines is 1. The van der Waals surface area contributed by atoms with Crippen molar-refractivity contribution in [3.63, 3.8) is 0 Å². The highest BCUT2D eigenvalue weighted by molar-refractivity contribution is 6.28. The number of aromatic nitrogens is 3. The molecule has 0 N–H and O–H groups in total. The Morgan fingerprint density at radius 2 is 1.94 bits per heavy atom. The first kappa shape index (κ1) is 13.3. The highest BCUT2D eigenvalue weighted by Gasteiger charge is 2.17. The van der Waals surface area contributed by atoms with Gasteiger partial charge in [0.15, 0.2) is 0 Å². The van der Waals surface area contributed by atoms with Gasteiger partial charge in [-0.05, 0) is 36.8 Å². The van der Waals surface area contributed by atoms with Crippen LogP contribution in [-0.2, 0) is 0 Å². The van der Waals surface area contributed by atoms with E-state index < -0.39 is 0 Å². The van der Waals surface area contributed by atoms with Gasteiger partial charge in [0.2, 0.25) is 11.2 Å². The summed E-state index contributed by atoms with van der Waals surface area (Å²) in [5.74, 6) is 1.23. The summed E-state index contributed by atoms with van der Waals surface area (Å²) in [5.41, 5.74) is 0. The topological polar surface area (TPSA) is 51.1 Å². The predicted molar refractivity (Wildman–Crippen MR) is 71.2 cm³/mol. The van der Waals surface area contributed by atoms with Gasteiger partial charge in [-0.15, -0.1) is 0 Å². The molecule has 0 bridgehead atoms. The van der Waals surface area contributed by atoms with E-state index in [0.717, 1.165) is 19.5 Å². The number of ether oxygens (including phenoxy) is 1. The molecule has 0 aromatic carbocycles. The Hall–Kier alpha value is -1.10. The average molecular weight is 271 g/mol. The molecule has 0 radical (unpaired) electrons. The van der Waals surface area contributed by atoms with Crippen molar-refractivity contribution in [1.82, 2.24) is 15.0 Å². The SMILES string of the molecule is CC(C)CCOc1nc(Cl)nc(N2CCCC2)n1. The van der Waals surface area contributed by atoms with Crippen molar-refractivity contribution in [3.8, 4) is 6.01 Å². The third-order valence-corrected chi connectivity index (χ3v) is 3.06. The van der Waals surface area contributed by atoms with Crippen LogP contribution in [0.15, 0.2) is 0 Å². The number of hydrogen-bond acceptors (Lipinski definition) is 5. The minimum Gasteiger partial charge on any atom is -0.463 e. The van der Waals surface area contributed by atoms with Crippen molar-refractivity contribution in [2.75, 3.05) is 24.6 Å². The van der Waals surface area contributed by atoms with E-state index in [2.05, 4.69) is 33.7 Å². The van der Waals surface area contributed by atoms with E-state index in [1.165, 1.54) is 12.8 Å². The van der Waals surface area contributed by atoms with Crippen molar-refractivity contribution in [2.45, 2.75) is 33.1 Å². The second-order valence-electron chi connectivity index (χ2n) is 4.91. The standard InChI is InChI=1S/C12H19ClN4O/c1-9(2)5-8-18-12-15-10(13)14-11(16-12)17-6-3-4-7-17/h9H,3-8H2,1-2H3. The fraction of sp³-hybridized carbons (Fsp3) is 0.750. The number of rotatable bonds is 5. The molecule has 1 saturated heterocycles. The Bertz CT molecular complexity index is 394. The van der Waals surface area contributed by atoms with E-state index >= 15 is 0 Å². The van der Waals surface area contributed by atoms with Crippen molar-refractivity contribution in [1.29, 1.82) is 0 Å². The van der Waals surface area contributed by atoms with E-state index in [-0.39, 0.29) is 5.28 Å². The largest absolute Gasteiger partial charge is 0.463 e. The fourth-order valence-electron chi connectivity index (χ4n) is 1.83. The lowest BCUT2D eigenvalue weighted by Crippen LogP contribution is -2.21. The summed E-state index contributed by atoms with van der Waals surface area (Å²) in [5, 5.41) is 0.200. The minimum atomic E-state index is 0.200. The summed E-state index contributed by atoms with van der Waals surface area (Å²) in [6.45, 7) is 6.87. The molecule has 0 aliphatic carbocycles. The van der Waals surface area contributed by atoms with E-state index in [0.29, 0.717) is 24.5 Å². The van der Waals surface area contributed by atoms with E-state index in [1.54, 1.807) is 0 Å². The van der Waals surface area contributed by atoms with E-state index in [4.69, 9.17) is 16.3 Å². The van der Waals surface area contributed by atoms with Crippen LogP contribution in [0.3, 0.4) is 0 Å². The zero-order valence-corrected chi connectivity index (χ0v) is 11.7. The monoisotopic (exact) mass is 270 g/mol. The van der Waals surface area contributed by atoms with Crippen molar-refractivity contribution in [3.05, 3.63) is 5.28 Å². The van der Waals surface area contributed by atoms with Crippen LogP contribution in [0, 0.1) is 5.92 Å². The Labute approximate surface area is 113 Å². The molecule has 5 nitrogen and oxygen atoms in total. The summed E-state index contributed by atoms with van der Waals surface area (Å²) in [7, 11) is 0. The van der Waals surface area contributed by atoms with Gasteiger partial charge < -0.3 is 9.64 Å². The molecule has 0 unspecified atom stereocenters. The first-order valence-electron chi connectivity index (χ1n) is 6.44. The second-order valence-corrected chi connectivity index (χ2v) is 5.25. The molecule has 1 aromatic heterocycles. The lowest BCUT2D eigenvalue weighted by atomic mass is 10.1. The second kappa shape index (κ2) is 6.18. The molecular formula is C12H19ClN4O. The van der Waals surface area contributed by atoms with Crippen molar-refractivity contribution in [2.24, 2.45) is 5.92 Å². The smallest absolute Gasteiger partial charge is 0.322 e. The molecule has 1 aliphatic heterocycles. The van der Waals surface area contributed by atoms with Crippen LogP contribution in [0.1, 0.15) is 33.1 Å². The highest BCUT2D eigenvalue weighted by atomic mass is 35.5. The van der Waals surface area contributed by atoms with Gasteiger partial charge in [0.25, 0.3) is 0 Å². The molecule has 100 valence electrons. The molecule has 1 aromatic rings. The van der Waals surface area contributed by atoms with Crippen LogP contribution in [0.25, 0.3) is 0 Å². The fourth-order valence-corrected chi connectivity index (χ4v) is 1.98. The third kappa shape index (κ3) is 3.70. The average Bonchev–Trinajstić information content (AvgIpc) is 2.81. The first-order chi connectivity index (χ1) is 8.65. The van der Waals surface area contributed by atoms with E-state index in [9.17, 15) is 0 Å². The molecule has 18 heavy (non-hydrogen) atoms. The van der Waals surface area contributed by atoms with Gasteiger partial charge >= 0.3 is 6.01 Å². The van der Waals surface area contributed by atoms with Crippen LogP contribution < -0.4 is 9.64 Å². The van der Waals surface area contributed by atoms with Crippen molar-refractivity contribution < 1.29 is 4.74 Å². The summed E-state index contributed by atoms with van der Waals surface area (Å²) in [6, 6.07) is 0.331. The number of hydrogen-bond donors (Lipinski definition) is 0. The normalized spacial score (nSPS) is 15.4. The van der Waals surface area contributed by atoms with Crippen molar-refractivity contribution >= 4 is 17.5 Å². The summed E-state index contributed by atoms with van der Waals surface area (Å²) in [6.07, 6.45) is 3.32. The molecule has 2 heterocycles. The predicted octanol–water partition coefficient (Wildman–Crippen LogP) is 2.55. The maximum Gasteiger partial charge on any atom is 0.322 e. The molecule has 0 amide bonds. The maximum absolute atomic E-state index is 5.90. The molecular weight excluding hydrogens is 252 g/mol. The molecule has 0 saturated carbocycles. The Morgan fingerprint density at radius 1 is 1.22 bits per heavy atom. The van der Waals surface area contributed by atoms with Gasteiger partial charge in [0, 0.05) is 13.1 Å². The minimum absolute atomic E-state index is 0.200. The molecule has 0 spiro atoms. The van der Waals surface area contributed by atoms with Crippen LogP contribution >= 0.6 is 11.6 Å². The van der Waals surface area contributed by atoms with Crippen LogP contribution in [0.2, 0.25) is 5.28 Å². The van der Waals surface area contributed by atoms with Crippen LogP contribution in [-0.4, -0.2) is 34.6 Å². The third-order valence-electron chi connectivity index (χ3n) is 2.89. The molecule has 2 rings (SSSR count). The zero-order chi connectivity index (χ0) is 13.0. The van der Waals surface area contributed by atoms with Crippen LogP contribution in [0.4, 0.5) is 5.95 Å². The van der Waals surface area contributed by atoms with Crippen LogP contribution in [0.5, 0.6) is 6.01 Å². The summed E-state index contributed by atoms with van der Waals surface area (Å²) in [4.78, 5) is 14.6. The summed E-state index contributed by atoms with van der Waals surface area (Å²) < 4.78 is 5.52. The van der Waals surface area contributed by atoms with Gasteiger partial charge in [-0.1, -0.05) is 13.8 Å². The molecule has 0 atom stereocenters. The zero-order valence-electron chi connectivity index (χ0n) is 10.9. The Morgan fingerprint density at radius 3 is 2.61 bits per heavy atom. The van der Waals surface area contributed by atoms with Gasteiger partial charge in [-0.3, -0.25) is 0 Å². The Balaban J connectivity index is 2.01. The molecule has 6 heteroatoms. The lowest BCUT2D eigenvalue weighted by molar-refractivity contribution is 0.268. The first-order valence-corrected chi connectivity index (χ1v) is 6.82. The molecule has 1 aliphatic rings. The maximum atomic E-state index is 5.90. The highest BCUT2D eigenvalue weighted by Crippen LogP contribution is 2.19. The van der Waals surface area contributed by atoms with Gasteiger partial charge in [-0.25, -0.2) is 0 Å². The van der Waals surface area contributed by atoms with Gasteiger partial charge in [0.05, 0.1) is 6.61 Å². The lowest BCUT2D eigenvalue weighted by Gasteiger charge is -2.15. The van der Waals surface area contributed by atoms with Gasteiger partial charge in [0.1, 0.15) is 0 Å². The number of nitrogens with zero attached hydrogens (tertiary/aromatic N) is 4. The van der Waals surface area contributed by atoms with Gasteiger partial charge in [-0.2, -0.15) is 15.0 Å². The quantitative estimate of drug-likeness (QED) is 0.823. The molecule has 1 fully saturated rings. The summed E-state index contributed by atoms with van der Waals surface area (Å²) >= 11 is 5.90. The Kier molecular flexibility index (Phi) is 4.58. The van der Waals surface area contributed by atoms with E-state index in [1.807, 2.05) is 0 Å². The number of halogens is 1.